The van der Waals surface area contributed by atoms with Crippen LogP contribution in [0.1, 0.15) is 27.2 Å². The zero-order valence-corrected chi connectivity index (χ0v) is 8.05. The van der Waals surface area contributed by atoms with Crippen LogP contribution in [0.15, 0.2) is 35.1 Å². The SMILES string of the molecule is CCOC1=CC=C(C)C=C(C)C1. The summed E-state index contributed by atoms with van der Waals surface area (Å²) >= 11 is 0. The first kappa shape index (κ1) is 9.11. The van der Waals surface area contributed by atoms with Crippen molar-refractivity contribution >= 4 is 0 Å². The van der Waals surface area contributed by atoms with Crippen LogP contribution in [0.2, 0.25) is 0 Å². The molecule has 0 aromatic heterocycles. The van der Waals surface area contributed by atoms with Crippen molar-refractivity contribution in [1.29, 1.82) is 0 Å². The van der Waals surface area contributed by atoms with Gasteiger partial charge < -0.3 is 4.74 Å². The van der Waals surface area contributed by atoms with Gasteiger partial charge in [-0.3, -0.25) is 0 Å². The van der Waals surface area contributed by atoms with Crippen LogP contribution in [0.5, 0.6) is 0 Å². The third-order valence-corrected chi connectivity index (χ3v) is 1.79. The van der Waals surface area contributed by atoms with E-state index in [0.29, 0.717) is 0 Å². The number of hydrogen-bond donors (Lipinski definition) is 0. The van der Waals surface area contributed by atoms with E-state index >= 15 is 0 Å². The van der Waals surface area contributed by atoms with Crippen LogP contribution >= 0.6 is 0 Å². The highest BCUT2D eigenvalue weighted by molar-refractivity contribution is 5.31. The molecule has 1 heteroatoms. The van der Waals surface area contributed by atoms with Gasteiger partial charge in [0.1, 0.15) is 0 Å². The normalized spacial score (nSPS) is 17.4. The van der Waals surface area contributed by atoms with Gasteiger partial charge in [-0.05, 0) is 26.8 Å². The first-order valence-corrected chi connectivity index (χ1v) is 4.40. The molecule has 0 amide bonds. The molecule has 0 saturated heterocycles. The third kappa shape index (κ3) is 2.57. The molecular weight excluding hydrogens is 148 g/mol. The van der Waals surface area contributed by atoms with E-state index in [-0.39, 0.29) is 0 Å². The lowest BCUT2D eigenvalue weighted by Crippen LogP contribution is -1.91. The fraction of sp³-hybridized carbons (Fsp3) is 0.455. The first-order chi connectivity index (χ1) is 5.72. The molecule has 0 heterocycles. The fourth-order valence-electron chi connectivity index (χ4n) is 1.33. The predicted octanol–water partition coefficient (Wildman–Crippen LogP) is 3.20. The zero-order valence-electron chi connectivity index (χ0n) is 8.05. The molecule has 0 aromatic carbocycles. The molecule has 12 heavy (non-hydrogen) atoms. The Morgan fingerprint density at radius 3 is 2.75 bits per heavy atom. The van der Waals surface area contributed by atoms with E-state index < -0.39 is 0 Å². The van der Waals surface area contributed by atoms with Gasteiger partial charge in [0.05, 0.1) is 12.4 Å². The van der Waals surface area contributed by atoms with Crippen molar-refractivity contribution in [3.63, 3.8) is 0 Å². The molecule has 0 radical (unpaired) electrons. The molecule has 0 fully saturated rings. The van der Waals surface area contributed by atoms with E-state index in [1.165, 1.54) is 11.1 Å². The maximum Gasteiger partial charge on any atom is 0.1000 e. The second-order valence-electron chi connectivity index (χ2n) is 3.14. The molecule has 0 aromatic rings. The Labute approximate surface area is 74.4 Å². The first-order valence-electron chi connectivity index (χ1n) is 4.40. The van der Waals surface area contributed by atoms with Gasteiger partial charge in [-0.25, -0.2) is 0 Å². The molecule has 1 aliphatic rings. The minimum Gasteiger partial charge on any atom is -0.498 e. The monoisotopic (exact) mass is 164 g/mol. The van der Waals surface area contributed by atoms with E-state index in [1.54, 1.807) is 0 Å². The highest BCUT2D eigenvalue weighted by Gasteiger charge is 2.01. The average molecular weight is 164 g/mol. The Bertz CT molecular complexity index is 244. The van der Waals surface area contributed by atoms with Crippen LogP contribution in [0.25, 0.3) is 0 Å². The van der Waals surface area contributed by atoms with Crippen molar-refractivity contribution in [1.82, 2.24) is 0 Å². The standard InChI is InChI=1S/C11H16O/c1-4-12-11-6-5-9(2)7-10(3)8-11/h5-7H,4,8H2,1-3H3. The molecule has 1 rings (SSSR count). The summed E-state index contributed by atoms with van der Waals surface area (Å²) in [5, 5.41) is 0. The van der Waals surface area contributed by atoms with Gasteiger partial charge in [0.2, 0.25) is 0 Å². The summed E-state index contributed by atoms with van der Waals surface area (Å²) < 4.78 is 5.46. The molecule has 0 N–H and O–H groups in total. The summed E-state index contributed by atoms with van der Waals surface area (Å²) in [5.41, 5.74) is 2.66. The van der Waals surface area contributed by atoms with Gasteiger partial charge in [0, 0.05) is 6.42 Å². The second-order valence-corrected chi connectivity index (χ2v) is 3.14. The lowest BCUT2D eigenvalue weighted by atomic mass is 10.1. The van der Waals surface area contributed by atoms with Gasteiger partial charge >= 0.3 is 0 Å². The Balaban J connectivity index is 2.74. The number of ether oxygens (including phenoxy) is 1. The predicted molar refractivity (Wildman–Crippen MR) is 51.8 cm³/mol. The van der Waals surface area contributed by atoms with Crippen molar-refractivity contribution in [2.75, 3.05) is 6.61 Å². The molecule has 0 bridgehead atoms. The molecule has 1 nitrogen and oxygen atoms in total. The van der Waals surface area contributed by atoms with Gasteiger partial charge in [0.15, 0.2) is 0 Å². The molecule has 0 spiro atoms. The van der Waals surface area contributed by atoms with Crippen molar-refractivity contribution in [3.05, 3.63) is 35.1 Å². The molecular formula is C11H16O. The smallest absolute Gasteiger partial charge is 0.1000 e. The molecule has 0 saturated carbocycles. The second kappa shape index (κ2) is 4.15. The van der Waals surface area contributed by atoms with E-state index in [1.807, 2.05) is 6.92 Å². The van der Waals surface area contributed by atoms with Crippen molar-refractivity contribution in [2.45, 2.75) is 27.2 Å². The quantitative estimate of drug-likeness (QED) is 0.609. The Morgan fingerprint density at radius 1 is 1.33 bits per heavy atom. The van der Waals surface area contributed by atoms with E-state index in [2.05, 4.69) is 32.1 Å². The van der Waals surface area contributed by atoms with Crippen LogP contribution < -0.4 is 0 Å². The van der Waals surface area contributed by atoms with Crippen LogP contribution in [-0.4, -0.2) is 6.61 Å². The number of allylic oxidation sites excluding steroid dienone is 5. The molecule has 0 atom stereocenters. The van der Waals surface area contributed by atoms with Crippen molar-refractivity contribution in [2.24, 2.45) is 0 Å². The highest BCUT2D eigenvalue weighted by Crippen LogP contribution is 2.17. The Morgan fingerprint density at radius 2 is 2.08 bits per heavy atom. The third-order valence-electron chi connectivity index (χ3n) is 1.79. The summed E-state index contributed by atoms with van der Waals surface area (Å²) in [5.74, 6) is 1.07. The molecule has 66 valence electrons. The molecule has 1 aliphatic carbocycles. The van der Waals surface area contributed by atoms with Crippen LogP contribution in [0.4, 0.5) is 0 Å². The fourth-order valence-corrected chi connectivity index (χ4v) is 1.33. The van der Waals surface area contributed by atoms with E-state index in [0.717, 1.165) is 18.8 Å². The van der Waals surface area contributed by atoms with Crippen LogP contribution in [0.3, 0.4) is 0 Å². The topological polar surface area (TPSA) is 9.23 Å². The van der Waals surface area contributed by atoms with Gasteiger partial charge in [-0.15, -0.1) is 0 Å². The Kier molecular flexibility index (Phi) is 3.15. The van der Waals surface area contributed by atoms with Crippen molar-refractivity contribution < 1.29 is 4.74 Å². The van der Waals surface area contributed by atoms with Gasteiger partial charge in [-0.2, -0.15) is 0 Å². The Hall–Kier alpha value is -0.980. The molecule has 0 aliphatic heterocycles. The number of rotatable bonds is 2. The maximum absolute atomic E-state index is 5.46. The zero-order chi connectivity index (χ0) is 8.97. The van der Waals surface area contributed by atoms with E-state index in [4.69, 9.17) is 4.74 Å². The summed E-state index contributed by atoms with van der Waals surface area (Å²) in [4.78, 5) is 0. The highest BCUT2D eigenvalue weighted by atomic mass is 16.5. The van der Waals surface area contributed by atoms with Gasteiger partial charge in [0.25, 0.3) is 0 Å². The largest absolute Gasteiger partial charge is 0.498 e. The number of hydrogen-bond acceptors (Lipinski definition) is 1. The summed E-state index contributed by atoms with van der Waals surface area (Å²) in [7, 11) is 0. The van der Waals surface area contributed by atoms with Gasteiger partial charge in [-0.1, -0.05) is 23.3 Å². The maximum atomic E-state index is 5.46. The minimum atomic E-state index is 0.756. The average Bonchev–Trinajstić information content (AvgIpc) is 2.13. The van der Waals surface area contributed by atoms with Crippen LogP contribution in [0, 0.1) is 0 Å². The van der Waals surface area contributed by atoms with Crippen LogP contribution in [-0.2, 0) is 4.74 Å². The summed E-state index contributed by atoms with van der Waals surface area (Å²) in [6, 6.07) is 0. The van der Waals surface area contributed by atoms with E-state index in [9.17, 15) is 0 Å². The summed E-state index contributed by atoms with van der Waals surface area (Å²) in [6.07, 6.45) is 7.30. The van der Waals surface area contributed by atoms with Crippen molar-refractivity contribution in [3.8, 4) is 0 Å². The summed E-state index contributed by atoms with van der Waals surface area (Å²) in [6.45, 7) is 7.01. The minimum absolute atomic E-state index is 0.756. The lowest BCUT2D eigenvalue weighted by Gasteiger charge is -2.06. The molecule has 0 unspecified atom stereocenters. The lowest BCUT2D eigenvalue weighted by molar-refractivity contribution is 0.223.